The van der Waals surface area contributed by atoms with Crippen LogP contribution in [0.5, 0.6) is 5.75 Å². The van der Waals surface area contributed by atoms with Crippen molar-refractivity contribution < 1.29 is 14.6 Å². The first-order valence-electron chi connectivity index (χ1n) is 10.2. The van der Waals surface area contributed by atoms with Crippen LogP contribution in [-0.4, -0.2) is 23.9 Å². The predicted molar refractivity (Wildman–Crippen MR) is 103 cm³/mol. The van der Waals surface area contributed by atoms with Gasteiger partial charge in [-0.15, -0.1) is 0 Å². The van der Waals surface area contributed by atoms with Crippen molar-refractivity contribution >= 4 is 0 Å². The third kappa shape index (κ3) is 2.39. The average molecular weight is 359 g/mol. The summed E-state index contributed by atoms with van der Waals surface area (Å²) in [6, 6.07) is 8.08. The lowest BCUT2D eigenvalue weighted by Gasteiger charge is -2.57. The summed E-state index contributed by atoms with van der Waals surface area (Å²) in [5.41, 5.74) is 0.599. The van der Waals surface area contributed by atoms with Crippen LogP contribution in [0.3, 0.4) is 0 Å². The predicted octanol–water partition coefficient (Wildman–Crippen LogP) is 4.81. The minimum Gasteiger partial charge on any atom is -0.497 e. The van der Waals surface area contributed by atoms with E-state index in [0.717, 1.165) is 24.2 Å². The lowest BCUT2D eigenvalue weighted by Crippen LogP contribution is -2.65. The number of rotatable bonds is 4. The summed E-state index contributed by atoms with van der Waals surface area (Å²) in [6.45, 7) is 9.86. The average Bonchev–Trinajstić information content (AvgIpc) is 2.96. The minimum atomic E-state index is -0.708. The molecule has 5 atom stereocenters. The van der Waals surface area contributed by atoms with Crippen molar-refractivity contribution in [2.75, 3.05) is 7.11 Å². The normalized spacial score (nSPS) is 39.6. The number of fused-ring (bicyclic) bond motifs is 4. The molecule has 0 radical (unpaired) electrons. The smallest absolute Gasteiger partial charge is 0.118 e. The molecular weight excluding hydrogens is 324 g/mol. The topological polar surface area (TPSA) is 38.7 Å². The highest BCUT2D eigenvalue weighted by Gasteiger charge is 2.70. The molecular formula is C23H34O3. The molecule has 0 amide bonds. The Labute approximate surface area is 158 Å². The summed E-state index contributed by atoms with van der Waals surface area (Å²) in [6.07, 6.45) is 4.56. The summed E-state index contributed by atoms with van der Waals surface area (Å²) in [7, 11) is 1.68. The molecule has 0 spiro atoms. The molecule has 3 fully saturated rings. The second-order valence-electron chi connectivity index (χ2n) is 10.0. The van der Waals surface area contributed by atoms with Crippen molar-refractivity contribution in [3.8, 4) is 5.75 Å². The number of benzene rings is 1. The number of ether oxygens (including phenoxy) is 2. The molecule has 0 saturated heterocycles. The third-order valence-electron chi connectivity index (χ3n) is 8.30. The van der Waals surface area contributed by atoms with Crippen LogP contribution < -0.4 is 4.74 Å². The molecule has 3 saturated carbocycles. The van der Waals surface area contributed by atoms with E-state index < -0.39 is 5.60 Å². The summed E-state index contributed by atoms with van der Waals surface area (Å²) in [4.78, 5) is 0. The van der Waals surface area contributed by atoms with Crippen molar-refractivity contribution in [1.29, 1.82) is 0 Å². The molecule has 3 aliphatic rings. The van der Waals surface area contributed by atoms with Gasteiger partial charge < -0.3 is 14.6 Å². The monoisotopic (exact) mass is 358 g/mol. The van der Waals surface area contributed by atoms with Gasteiger partial charge >= 0.3 is 0 Å². The van der Waals surface area contributed by atoms with Crippen LogP contribution in [0.25, 0.3) is 0 Å². The molecule has 3 nitrogen and oxygen atoms in total. The van der Waals surface area contributed by atoms with E-state index in [1.807, 2.05) is 12.1 Å². The van der Waals surface area contributed by atoms with E-state index in [0.29, 0.717) is 24.4 Å². The van der Waals surface area contributed by atoms with E-state index >= 15 is 0 Å². The van der Waals surface area contributed by atoms with E-state index in [4.69, 9.17) is 9.47 Å². The van der Waals surface area contributed by atoms with Gasteiger partial charge in [-0.1, -0.05) is 39.8 Å². The first kappa shape index (κ1) is 18.3. The van der Waals surface area contributed by atoms with E-state index in [1.165, 1.54) is 12.8 Å². The van der Waals surface area contributed by atoms with Gasteiger partial charge in [-0.2, -0.15) is 0 Å². The Bertz CT molecular complexity index is 661. The van der Waals surface area contributed by atoms with Gasteiger partial charge in [0, 0.05) is 0 Å². The first-order chi connectivity index (χ1) is 12.2. The van der Waals surface area contributed by atoms with Crippen LogP contribution in [0, 0.1) is 28.6 Å². The maximum absolute atomic E-state index is 12.0. The van der Waals surface area contributed by atoms with Crippen LogP contribution in [-0.2, 0) is 11.3 Å². The van der Waals surface area contributed by atoms with Gasteiger partial charge in [-0.3, -0.25) is 0 Å². The SMILES string of the molecule is COc1ccc(CO[C@@H]2[C@H]3CC[C@@H]([C@@H]4CCC(C)(C)[C@]24O)C3(C)C)cc1. The van der Waals surface area contributed by atoms with Crippen molar-refractivity contribution in [3.05, 3.63) is 29.8 Å². The largest absolute Gasteiger partial charge is 0.497 e. The maximum atomic E-state index is 12.0. The van der Waals surface area contributed by atoms with Crippen LogP contribution in [0.15, 0.2) is 24.3 Å². The molecule has 26 heavy (non-hydrogen) atoms. The molecule has 0 aromatic heterocycles. The number of hydrogen-bond donors (Lipinski definition) is 1. The lowest BCUT2D eigenvalue weighted by molar-refractivity contribution is -0.243. The van der Waals surface area contributed by atoms with Gasteiger partial charge in [0.25, 0.3) is 0 Å². The fourth-order valence-corrected chi connectivity index (χ4v) is 6.64. The highest BCUT2D eigenvalue weighted by molar-refractivity contribution is 5.27. The quantitative estimate of drug-likeness (QED) is 0.839. The molecule has 3 aliphatic carbocycles. The van der Waals surface area contributed by atoms with E-state index in [9.17, 15) is 5.11 Å². The van der Waals surface area contributed by atoms with E-state index in [2.05, 4.69) is 39.8 Å². The molecule has 4 rings (SSSR count). The van der Waals surface area contributed by atoms with Gasteiger partial charge in [-0.05, 0) is 72.0 Å². The summed E-state index contributed by atoms with van der Waals surface area (Å²) < 4.78 is 11.8. The Morgan fingerprint density at radius 2 is 1.62 bits per heavy atom. The number of aliphatic hydroxyl groups is 1. The van der Waals surface area contributed by atoms with E-state index in [1.54, 1.807) is 7.11 Å². The van der Waals surface area contributed by atoms with Crippen molar-refractivity contribution in [3.63, 3.8) is 0 Å². The Kier molecular flexibility index (Phi) is 4.20. The number of methoxy groups -OCH3 is 1. The Morgan fingerprint density at radius 3 is 2.27 bits per heavy atom. The minimum absolute atomic E-state index is 0.0825. The zero-order valence-electron chi connectivity index (χ0n) is 16.9. The fraction of sp³-hybridized carbons (Fsp3) is 0.739. The molecule has 1 aromatic carbocycles. The molecule has 0 unspecified atom stereocenters. The van der Waals surface area contributed by atoms with Gasteiger partial charge in [0.2, 0.25) is 0 Å². The molecule has 0 aliphatic heterocycles. The Morgan fingerprint density at radius 1 is 0.962 bits per heavy atom. The van der Waals surface area contributed by atoms with Gasteiger partial charge in [0.05, 0.1) is 25.4 Å². The van der Waals surface area contributed by atoms with Crippen LogP contribution in [0.1, 0.15) is 58.9 Å². The van der Waals surface area contributed by atoms with Crippen molar-refractivity contribution in [2.24, 2.45) is 28.6 Å². The molecule has 0 heterocycles. The van der Waals surface area contributed by atoms with Gasteiger partial charge in [-0.25, -0.2) is 0 Å². The van der Waals surface area contributed by atoms with Gasteiger partial charge in [0.1, 0.15) is 5.75 Å². The fourth-order valence-electron chi connectivity index (χ4n) is 6.64. The molecule has 144 valence electrons. The van der Waals surface area contributed by atoms with Crippen LogP contribution >= 0.6 is 0 Å². The van der Waals surface area contributed by atoms with Crippen LogP contribution in [0.2, 0.25) is 0 Å². The molecule has 1 aromatic rings. The zero-order valence-corrected chi connectivity index (χ0v) is 16.9. The standard InChI is InChI=1S/C23H34O3/c1-21(2)13-12-18-17-10-11-19(22(17,3)4)20(23(18,21)24)26-14-15-6-8-16(25-5)9-7-15/h6-9,17-20,24H,10-14H2,1-5H3/t17-,18-,19+,20+,23+/m0/s1. The molecule has 3 heteroatoms. The third-order valence-corrected chi connectivity index (χ3v) is 8.30. The summed E-state index contributed by atoms with van der Waals surface area (Å²) in [5, 5.41) is 12.0. The summed E-state index contributed by atoms with van der Waals surface area (Å²) >= 11 is 0. The molecule has 1 N–H and O–H groups in total. The molecule has 2 bridgehead atoms. The van der Waals surface area contributed by atoms with Crippen molar-refractivity contribution in [2.45, 2.75) is 71.7 Å². The Hall–Kier alpha value is -1.06. The van der Waals surface area contributed by atoms with Crippen molar-refractivity contribution in [1.82, 2.24) is 0 Å². The maximum Gasteiger partial charge on any atom is 0.118 e. The van der Waals surface area contributed by atoms with Crippen LogP contribution in [0.4, 0.5) is 0 Å². The zero-order chi connectivity index (χ0) is 18.7. The second kappa shape index (κ2) is 5.97. The summed E-state index contributed by atoms with van der Waals surface area (Å²) in [5.74, 6) is 2.29. The Balaban J connectivity index is 1.63. The first-order valence-corrected chi connectivity index (χ1v) is 10.2. The highest BCUT2D eigenvalue weighted by atomic mass is 16.5. The highest BCUT2D eigenvalue weighted by Crippen LogP contribution is 2.68. The van der Waals surface area contributed by atoms with E-state index in [-0.39, 0.29) is 16.9 Å². The van der Waals surface area contributed by atoms with Gasteiger partial charge in [0.15, 0.2) is 0 Å². The second-order valence-corrected chi connectivity index (χ2v) is 10.0. The lowest BCUT2D eigenvalue weighted by atomic mass is 9.53. The number of hydrogen-bond acceptors (Lipinski definition) is 3.